The fourth-order valence-corrected chi connectivity index (χ4v) is 4.65. The Morgan fingerprint density at radius 3 is 2.76 bits per heavy atom. The Balaban J connectivity index is 1.46. The van der Waals surface area contributed by atoms with E-state index in [1.54, 1.807) is 13.0 Å². The molecule has 1 amide bonds. The van der Waals surface area contributed by atoms with Crippen LogP contribution in [0.1, 0.15) is 41.9 Å². The highest BCUT2D eigenvalue weighted by Crippen LogP contribution is 2.48. The zero-order valence-corrected chi connectivity index (χ0v) is 16.9. The fraction of sp³-hybridized carbons (Fsp3) is 0.417. The maximum atomic E-state index is 14.1. The van der Waals surface area contributed by atoms with E-state index in [0.717, 1.165) is 49.0 Å². The normalized spacial score (nSPS) is 23.8. The molecule has 1 unspecified atom stereocenters. The molecule has 0 bridgehead atoms. The third-order valence-electron chi connectivity index (χ3n) is 6.61. The van der Waals surface area contributed by atoms with Crippen LogP contribution in [0.2, 0.25) is 0 Å². The van der Waals surface area contributed by atoms with Crippen LogP contribution in [0.3, 0.4) is 0 Å². The first-order valence-electron chi connectivity index (χ1n) is 10.5. The van der Waals surface area contributed by atoms with Crippen LogP contribution in [0.5, 0.6) is 0 Å². The SMILES string of the molecule is Cc1c(F)cccc1-c1ccc2c(c1)C(C(=O)NC1CCN(C)CC1)=NC1C[C@@H]21. The number of hydrogen-bond acceptors (Lipinski definition) is 3. The lowest BCUT2D eigenvalue weighted by atomic mass is 9.90. The van der Waals surface area contributed by atoms with Crippen molar-refractivity contribution >= 4 is 11.6 Å². The van der Waals surface area contributed by atoms with Gasteiger partial charge < -0.3 is 10.2 Å². The Hall–Kier alpha value is -2.53. The van der Waals surface area contributed by atoms with E-state index in [4.69, 9.17) is 4.99 Å². The predicted octanol–water partition coefficient (Wildman–Crippen LogP) is 3.67. The van der Waals surface area contributed by atoms with Crippen molar-refractivity contribution in [3.63, 3.8) is 0 Å². The summed E-state index contributed by atoms with van der Waals surface area (Å²) in [7, 11) is 2.11. The Labute approximate surface area is 170 Å². The standard InChI is InChI=1S/C24H26FN3O/c1-14-17(4-3-5-21(14)25)15-6-7-18-19-13-22(19)27-23(20(18)12-15)24(29)26-16-8-10-28(2)11-9-16/h3-7,12,16,19,22H,8-11,13H2,1-2H3,(H,26,29)/t19-,22?/m0/s1. The molecule has 4 nitrogen and oxygen atoms in total. The van der Waals surface area contributed by atoms with Gasteiger partial charge in [-0.05, 0) is 80.7 Å². The van der Waals surface area contributed by atoms with Crippen LogP contribution in [0.4, 0.5) is 4.39 Å². The van der Waals surface area contributed by atoms with Gasteiger partial charge >= 0.3 is 0 Å². The van der Waals surface area contributed by atoms with E-state index in [-0.39, 0.29) is 23.8 Å². The second-order valence-corrected chi connectivity index (χ2v) is 8.65. The van der Waals surface area contributed by atoms with Crippen LogP contribution in [0.25, 0.3) is 11.1 Å². The first-order chi connectivity index (χ1) is 14.0. The highest BCUT2D eigenvalue weighted by atomic mass is 19.1. The first-order valence-corrected chi connectivity index (χ1v) is 10.5. The number of hydrogen-bond donors (Lipinski definition) is 1. The summed E-state index contributed by atoms with van der Waals surface area (Å²) in [5.41, 5.74) is 5.09. The summed E-state index contributed by atoms with van der Waals surface area (Å²) < 4.78 is 14.1. The average molecular weight is 391 g/mol. The molecule has 2 fully saturated rings. The van der Waals surface area contributed by atoms with E-state index in [2.05, 4.69) is 23.3 Å². The first kappa shape index (κ1) is 18.5. The molecule has 5 rings (SSSR count). The monoisotopic (exact) mass is 391 g/mol. The number of benzene rings is 2. The van der Waals surface area contributed by atoms with Gasteiger partial charge in [-0.1, -0.05) is 24.3 Å². The molecular formula is C24H26FN3O. The summed E-state index contributed by atoms with van der Waals surface area (Å²) in [5.74, 6) is 0.142. The Bertz CT molecular complexity index is 1010. The number of carbonyl (C=O) groups excluding carboxylic acids is 1. The van der Waals surface area contributed by atoms with E-state index in [1.165, 1.54) is 11.6 Å². The zero-order valence-electron chi connectivity index (χ0n) is 16.9. The molecule has 150 valence electrons. The number of rotatable bonds is 3. The molecule has 0 aromatic heterocycles. The molecular weight excluding hydrogens is 365 g/mol. The smallest absolute Gasteiger partial charge is 0.270 e. The highest BCUT2D eigenvalue weighted by molar-refractivity contribution is 6.46. The molecule has 3 aliphatic rings. The summed E-state index contributed by atoms with van der Waals surface area (Å²) in [6.45, 7) is 3.80. The zero-order chi connectivity index (χ0) is 20.1. The van der Waals surface area contributed by atoms with E-state index in [1.807, 2.05) is 18.2 Å². The molecule has 1 aliphatic carbocycles. The van der Waals surface area contributed by atoms with Gasteiger partial charge in [0.25, 0.3) is 5.91 Å². The third-order valence-corrected chi connectivity index (χ3v) is 6.61. The number of carbonyl (C=O) groups is 1. The van der Waals surface area contributed by atoms with E-state index in [9.17, 15) is 9.18 Å². The number of fused-ring (bicyclic) bond motifs is 3. The molecule has 5 heteroatoms. The van der Waals surface area contributed by atoms with Crippen molar-refractivity contribution in [1.29, 1.82) is 0 Å². The molecule has 2 aromatic carbocycles. The average Bonchev–Trinajstić information content (AvgIpc) is 3.50. The quantitative estimate of drug-likeness (QED) is 0.868. The number of nitrogens with zero attached hydrogens (tertiary/aromatic N) is 2. The van der Waals surface area contributed by atoms with Gasteiger partial charge in [0.05, 0.1) is 6.04 Å². The van der Waals surface area contributed by atoms with E-state index in [0.29, 0.717) is 17.2 Å². The molecule has 1 saturated carbocycles. The van der Waals surface area contributed by atoms with Crippen molar-refractivity contribution in [2.24, 2.45) is 4.99 Å². The number of likely N-dealkylation sites (tertiary alicyclic amines) is 1. The van der Waals surface area contributed by atoms with E-state index >= 15 is 0 Å². The van der Waals surface area contributed by atoms with Crippen molar-refractivity contribution in [2.75, 3.05) is 20.1 Å². The molecule has 29 heavy (non-hydrogen) atoms. The minimum Gasteiger partial charge on any atom is -0.348 e. The molecule has 1 saturated heterocycles. The largest absolute Gasteiger partial charge is 0.348 e. The number of piperidine rings is 1. The van der Waals surface area contributed by atoms with Gasteiger partial charge in [-0.25, -0.2) is 4.39 Å². The molecule has 2 aliphatic heterocycles. The van der Waals surface area contributed by atoms with Crippen molar-refractivity contribution in [3.05, 3.63) is 58.9 Å². The van der Waals surface area contributed by atoms with Crippen molar-refractivity contribution < 1.29 is 9.18 Å². The van der Waals surface area contributed by atoms with Gasteiger partial charge in [0.2, 0.25) is 0 Å². The van der Waals surface area contributed by atoms with E-state index < -0.39 is 0 Å². The van der Waals surface area contributed by atoms with Gasteiger partial charge in [0, 0.05) is 17.5 Å². The van der Waals surface area contributed by atoms with Gasteiger partial charge in [-0.2, -0.15) is 0 Å². The number of amides is 1. The minimum absolute atomic E-state index is 0.0701. The highest BCUT2D eigenvalue weighted by Gasteiger charge is 2.44. The molecule has 2 heterocycles. The second kappa shape index (κ2) is 7.06. The van der Waals surface area contributed by atoms with Crippen molar-refractivity contribution in [3.8, 4) is 11.1 Å². The molecule has 0 radical (unpaired) electrons. The second-order valence-electron chi connectivity index (χ2n) is 8.65. The summed E-state index contributed by atoms with van der Waals surface area (Å²) in [4.78, 5) is 20.2. The summed E-state index contributed by atoms with van der Waals surface area (Å²) in [6, 6.07) is 11.8. The summed E-state index contributed by atoms with van der Waals surface area (Å²) in [5, 5.41) is 3.21. The molecule has 2 aromatic rings. The lowest BCUT2D eigenvalue weighted by Gasteiger charge is -2.30. The third kappa shape index (κ3) is 3.38. The molecule has 0 spiro atoms. The van der Waals surface area contributed by atoms with Crippen LogP contribution >= 0.6 is 0 Å². The summed E-state index contributed by atoms with van der Waals surface area (Å²) in [6.07, 6.45) is 2.95. The molecule has 2 atom stereocenters. The fourth-order valence-electron chi connectivity index (χ4n) is 4.65. The maximum Gasteiger partial charge on any atom is 0.270 e. The minimum atomic E-state index is -0.212. The summed E-state index contributed by atoms with van der Waals surface area (Å²) >= 11 is 0. The van der Waals surface area contributed by atoms with Gasteiger partial charge in [0.15, 0.2) is 0 Å². The van der Waals surface area contributed by atoms with Crippen molar-refractivity contribution in [2.45, 2.75) is 44.2 Å². The Morgan fingerprint density at radius 2 is 1.97 bits per heavy atom. The van der Waals surface area contributed by atoms with Crippen molar-refractivity contribution in [1.82, 2.24) is 10.2 Å². The Kier molecular flexibility index (Phi) is 4.50. The topological polar surface area (TPSA) is 44.7 Å². The lowest BCUT2D eigenvalue weighted by molar-refractivity contribution is -0.115. The van der Waals surface area contributed by atoms with Gasteiger partial charge in [-0.3, -0.25) is 9.79 Å². The molecule has 1 N–H and O–H groups in total. The van der Waals surface area contributed by atoms with Crippen LogP contribution in [-0.2, 0) is 4.79 Å². The predicted molar refractivity (Wildman–Crippen MR) is 113 cm³/mol. The van der Waals surface area contributed by atoms with Crippen LogP contribution in [0, 0.1) is 12.7 Å². The van der Waals surface area contributed by atoms with Crippen LogP contribution < -0.4 is 5.32 Å². The van der Waals surface area contributed by atoms with Gasteiger partial charge in [0.1, 0.15) is 11.5 Å². The van der Waals surface area contributed by atoms with Crippen LogP contribution in [0.15, 0.2) is 41.4 Å². The lowest BCUT2D eigenvalue weighted by Crippen LogP contribution is -2.46. The Morgan fingerprint density at radius 1 is 1.17 bits per heavy atom. The van der Waals surface area contributed by atoms with Crippen LogP contribution in [-0.4, -0.2) is 48.7 Å². The number of aliphatic imine (C=N–C) groups is 1. The number of nitrogens with one attached hydrogen (secondary N) is 1. The van der Waals surface area contributed by atoms with Gasteiger partial charge in [-0.15, -0.1) is 0 Å². The maximum absolute atomic E-state index is 14.1. The number of halogens is 1.